The molecule has 2 aromatic carbocycles. The van der Waals surface area contributed by atoms with E-state index in [1.54, 1.807) is 12.1 Å². The number of nitrogens with one attached hydrogen (secondary N) is 2. The van der Waals surface area contributed by atoms with Crippen LogP contribution in [-0.2, 0) is 13.0 Å². The first-order chi connectivity index (χ1) is 13.2. The van der Waals surface area contributed by atoms with E-state index in [0.29, 0.717) is 13.1 Å². The highest BCUT2D eigenvalue weighted by molar-refractivity contribution is 5.79. The minimum Gasteiger partial charge on any atom is -0.357 e. The van der Waals surface area contributed by atoms with Crippen molar-refractivity contribution in [2.75, 3.05) is 13.1 Å². The van der Waals surface area contributed by atoms with Gasteiger partial charge in [-0.25, -0.2) is 14.1 Å². The van der Waals surface area contributed by atoms with Crippen molar-refractivity contribution in [3.63, 3.8) is 0 Å². The number of hydrogen-bond donors (Lipinski definition) is 2. The molecule has 140 valence electrons. The molecule has 0 aliphatic rings. The summed E-state index contributed by atoms with van der Waals surface area (Å²) in [5.41, 5.74) is 3.01. The van der Waals surface area contributed by atoms with Crippen LogP contribution in [0.1, 0.15) is 18.1 Å². The van der Waals surface area contributed by atoms with Crippen LogP contribution < -0.4 is 10.6 Å². The zero-order valence-electron chi connectivity index (χ0n) is 15.4. The Hall–Kier alpha value is -3.15. The van der Waals surface area contributed by atoms with E-state index in [1.165, 1.54) is 6.07 Å². The van der Waals surface area contributed by atoms with Crippen LogP contribution in [0.3, 0.4) is 0 Å². The van der Waals surface area contributed by atoms with Gasteiger partial charge in [-0.3, -0.25) is 0 Å². The van der Waals surface area contributed by atoms with Crippen LogP contribution >= 0.6 is 0 Å². The van der Waals surface area contributed by atoms with Gasteiger partial charge in [-0.05, 0) is 43.2 Å². The Balaban J connectivity index is 1.56. The summed E-state index contributed by atoms with van der Waals surface area (Å²) < 4.78 is 15.1. The third kappa shape index (κ3) is 5.67. The maximum absolute atomic E-state index is 13.2. The van der Waals surface area contributed by atoms with E-state index in [1.807, 2.05) is 60.4 Å². The fourth-order valence-corrected chi connectivity index (χ4v) is 2.69. The van der Waals surface area contributed by atoms with Gasteiger partial charge in [0.25, 0.3) is 0 Å². The van der Waals surface area contributed by atoms with E-state index in [0.717, 1.165) is 35.7 Å². The van der Waals surface area contributed by atoms with E-state index in [9.17, 15) is 4.39 Å². The van der Waals surface area contributed by atoms with Gasteiger partial charge in [0.05, 0.1) is 18.4 Å². The molecule has 0 atom stereocenters. The van der Waals surface area contributed by atoms with Crippen LogP contribution in [0.2, 0.25) is 0 Å². The molecular weight excluding hydrogens is 341 g/mol. The molecule has 27 heavy (non-hydrogen) atoms. The smallest absolute Gasteiger partial charge is 0.191 e. The third-order valence-electron chi connectivity index (χ3n) is 4.02. The SMILES string of the molecule is CCNC(=NCc1cnn(-c2ccccc2)c1)NCCc1cccc(F)c1. The van der Waals surface area contributed by atoms with E-state index in [4.69, 9.17) is 0 Å². The molecule has 0 bridgehead atoms. The van der Waals surface area contributed by atoms with Crippen molar-refractivity contribution >= 4 is 5.96 Å². The fraction of sp³-hybridized carbons (Fsp3) is 0.238. The Morgan fingerprint density at radius 3 is 2.70 bits per heavy atom. The number of para-hydroxylation sites is 1. The molecule has 0 aliphatic carbocycles. The Morgan fingerprint density at radius 2 is 1.93 bits per heavy atom. The molecule has 0 unspecified atom stereocenters. The number of hydrogen-bond acceptors (Lipinski definition) is 2. The summed E-state index contributed by atoms with van der Waals surface area (Å²) in [5, 5.41) is 10.9. The summed E-state index contributed by atoms with van der Waals surface area (Å²) in [4.78, 5) is 4.61. The van der Waals surface area contributed by atoms with Gasteiger partial charge >= 0.3 is 0 Å². The topological polar surface area (TPSA) is 54.2 Å². The first kappa shape index (κ1) is 18.6. The van der Waals surface area contributed by atoms with E-state index >= 15 is 0 Å². The lowest BCUT2D eigenvalue weighted by Crippen LogP contribution is -2.38. The monoisotopic (exact) mass is 365 g/mol. The second-order valence-corrected chi connectivity index (χ2v) is 6.13. The maximum atomic E-state index is 13.2. The zero-order valence-corrected chi connectivity index (χ0v) is 15.4. The molecule has 6 heteroatoms. The van der Waals surface area contributed by atoms with Crippen LogP contribution in [0, 0.1) is 5.82 Å². The van der Waals surface area contributed by atoms with Gasteiger partial charge in [0, 0.05) is 24.8 Å². The lowest BCUT2D eigenvalue weighted by atomic mass is 10.1. The molecule has 0 saturated carbocycles. The normalized spacial score (nSPS) is 11.4. The number of rotatable bonds is 7. The van der Waals surface area contributed by atoms with Gasteiger partial charge in [0.1, 0.15) is 5.82 Å². The summed E-state index contributed by atoms with van der Waals surface area (Å²) >= 11 is 0. The molecular formula is C21H24FN5. The van der Waals surface area contributed by atoms with Crippen molar-refractivity contribution < 1.29 is 4.39 Å². The highest BCUT2D eigenvalue weighted by Crippen LogP contribution is 2.08. The highest BCUT2D eigenvalue weighted by Gasteiger charge is 2.02. The average Bonchev–Trinajstić information content (AvgIpc) is 3.16. The Labute approximate surface area is 159 Å². The summed E-state index contributed by atoms with van der Waals surface area (Å²) in [6.45, 7) is 4.01. The number of aromatic nitrogens is 2. The van der Waals surface area contributed by atoms with E-state index < -0.39 is 0 Å². The van der Waals surface area contributed by atoms with Crippen LogP contribution in [-0.4, -0.2) is 28.8 Å². The predicted octanol–water partition coefficient (Wildman–Crippen LogP) is 3.31. The van der Waals surface area contributed by atoms with Crippen molar-refractivity contribution in [3.05, 3.63) is 83.9 Å². The quantitative estimate of drug-likeness (QED) is 0.499. The van der Waals surface area contributed by atoms with Gasteiger partial charge in [0.15, 0.2) is 5.96 Å². The van der Waals surface area contributed by atoms with Crippen LogP contribution in [0.5, 0.6) is 0 Å². The Kier molecular flexibility index (Phi) is 6.57. The first-order valence-corrected chi connectivity index (χ1v) is 9.10. The van der Waals surface area contributed by atoms with Gasteiger partial charge in [-0.15, -0.1) is 0 Å². The fourth-order valence-electron chi connectivity index (χ4n) is 2.69. The molecule has 1 heterocycles. The lowest BCUT2D eigenvalue weighted by molar-refractivity contribution is 0.625. The number of aliphatic imine (C=N–C) groups is 1. The number of halogens is 1. The van der Waals surface area contributed by atoms with Crippen molar-refractivity contribution in [1.82, 2.24) is 20.4 Å². The van der Waals surface area contributed by atoms with Gasteiger partial charge < -0.3 is 10.6 Å². The van der Waals surface area contributed by atoms with Crippen LogP contribution in [0.25, 0.3) is 5.69 Å². The molecule has 0 saturated heterocycles. The number of guanidine groups is 1. The molecule has 0 aliphatic heterocycles. The third-order valence-corrected chi connectivity index (χ3v) is 4.02. The molecule has 5 nitrogen and oxygen atoms in total. The van der Waals surface area contributed by atoms with Crippen molar-refractivity contribution in [1.29, 1.82) is 0 Å². The molecule has 2 N–H and O–H groups in total. The van der Waals surface area contributed by atoms with Gasteiger partial charge in [-0.1, -0.05) is 30.3 Å². The number of nitrogens with zero attached hydrogens (tertiary/aromatic N) is 3. The lowest BCUT2D eigenvalue weighted by Gasteiger charge is -2.11. The first-order valence-electron chi connectivity index (χ1n) is 9.10. The summed E-state index contributed by atoms with van der Waals surface area (Å²) in [6.07, 6.45) is 4.54. The van der Waals surface area contributed by atoms with Crippen LogP contribution in [0.4, 0.5) is 4.39 Å². The predicted molar refractivity (Wildman–Crippen MR) is 106 cm³/mol. The van der Waals surface area contributed by atoms with Crippen molar-refractivity contribution in [3.8, 4) is 5.69 Å². The Morgan fingerprint density at radius 1 is 1.07 bits per heavy atom. The molecule has 0 spiro atoms. The standard InChI is InChI=1S/C21H24FN5/c1-2-23-21(24-12-11-17-7-6-8-19(22)13-17)25-14-18-15-26-27(16-18)20-9-4-3-5-10-20/h3-10,13,15-16H,2,11-12,14H2,1H3,(H2,23,24,25). The van der Waals surface area contributed by atoms with Gasteiger partial charge in [0.2, 0.25) is 0 Å². The molecule has 3 aromatic rings. The summed E-state index contributed by atoms with van der Waals surface area (Å²) in [7, 11) is 0. The second kappa shape index (κ2) is 9.52. The average molecular weight is 365 g/mol. The van der Waals surface area contributed by atoms with Crippen LogP contribution in [0.15, 0.2) is 72.0 Å². The maximum Gasteiger partial charge on any atom is 0.191 e. The van der Waals surface area contributed by atoms with E-state index in [2.05, 4.69) is 20.7 Å². The second-order valence-electron chi connectivity index (χ2n) is 6.13. The summed E-state index contributed by atoms with van der Waals surface area (Å²) in [5.74, 6) is 0.532. The van der Waals surface area contributed by atoms with Crippen molar-refractivity contribution in [2.24, 2.45) is 4.99 Å². The molecule has 3 rings (SSSR count). The highest BCUT2D eigenvalue weighted by atomic mass is 19.1. The van der Waals surface area contributed by atoms with E-state index in [-0.39, 0.29) is 5.82 Å². The molecule has 0 fully saturated rings. The molecule has 0 radical (unpaired) electrons. The Bertz CT molecular complexity index is 873. The molecule has 1 aromatic heterocycles. The number of benzene rings is 2. The summed E-state index contributed by atoms with van der Waals surface area (Å²) in [6, 6.07) is 16.6. The largest absolute Gasteiger partial charge is 0.357 e. The van der Waals surface area contributed by atoms with Gasteiger partial charge in [-0.2, -0.15) is 5.10 Å². The minimum atomic E-state index is -0.205. The van der Waals surface area contributed by atoms with Crippen molar-refractivity contribution in [2.45, 2.75) is 19.9 Å². The molecule has 0 amide bonds. The minimum absolute atomic E-state index is 0.205. The zero-order chi connectivity index (χ0) is 18.9.